The number of nitrogens with zero attached hydrogens (tertiary/aromatic N) is 1. The van der Waals surface area contributed by atoms with Crippen LogP contribution in [0, 0.1) is 5.82 Å². The normalized spacial score (nSPS) is 10.2. The average molecular weight is 317 g/mol. The van der Waals surface area contributed by atoms with Crippen molar-refractivity contribution in [2.45, 2.75) is 13.3 Å². The first-order valence-electron chi connectivity index (χ1n) is 5.40. The molecule has 0 unspecified atom stereocenters. The van der Waals surface area contributed by atoms with Gasteiger partial charge in [-0.3, -0.25) is 14.5 Å². The molecule has 0 atom stereocenters. The van der Waals surface area contributed by atoms with Crippen LogP contribution < -0.4 is 5.73 Å². The fourth-order valence-corrected chi connectivity index (χ4v) is 1.93. The number of hydrogen-bond donors (Lipinski definition) is 1. The van der Waals surface area contributed by atoms with Crippen LogP contribution in [0.1, 0.15) is 12.5 Å². The number of amides is 2. The molecule has 1 aromatic rings. The molecular weight excluding hydrogens is 303 g/mol. The Bertz CT molecular complexity index is 465. The van der Waals surface area contributed by atoms with E-state index in [9.17, 15) is 14.0 Å². The summed E-state index contributed by atoms with van der Waals surface area (Å²) in [5.41, 5.74) is 5.57. The third-order valence-electron chi connectivity index (χ3n) is 2.38. The number of nitrogens with two attached hydrogens (primary N) is 1. The van der Waals surface area contributed by atoms with E-state index in [0.29, 0.717) is 4.47 Å². The van der Waals surface area contributed by atoms with Crippen LogP contribution in [0.3, 0.4) is 0 Å². The van der Waals surface area contributed by atoms with E-state index >= 15 is 0 Å². The van der Waals surface area contributed by atoms with Crippen LogP contribution in [0.5, 0.6) is 0 Å². The summed E-state index contributed by atoms with van der Waals surface area (Å²) in [4.78, 5) is 24.2. The average Bonchev–Trinajstić information content (AvgIpc) is 2.30. The second-order valence-electron chi connectivity index (χ2n) is 3.77. The minimum absolute atomic E-state index is 0.143. The molecule has 18 heavy (non-hydrogen) atoms. The highest BCUT2D eigenvalue weighted by Gasteiger charge is 2.18. The maximum Gasteiger partial charge on any atom is 0.233 e. The molecule has 0 radical (unpaired) electrons. The zero-order valence-corrected chi connectivity index (χ0v) is 11.5. The standard InChI is InChI=1S/C12H14BrFN2O2/c1-8(17)16(5-4-15)12(18)7-9-6-10(13)2-3-11(9)14/h2-3,6H,4-5,7,15H2,1H3. The summed E-state index contributed by atoms with van der Waals surface area (Å²) in [6, 6.07) is 4.34. The van der Waals surface area contributed by atoms with Gasteiger partial charge in [-0.1, -0.05) is 15.9 Å². The first-order valence-corrected chi connectivity index (χ1v) is 6.20. The Morgan fingerprint density at radius 2 is 2.11 bits per heavy atom. The lowest BCUT2D eigenvalue weighted by Gasteiger charge is -2.18. The predicted molar refractivity (Wildman–Crippen MR) is 69.3 cm³/mol. The van der Waals surface area contributed by atoms with Crippen LogP contribution in [0.4, 0.5) is 4.39 Å². The van der Waals surface area contributed by atoms with Gasteiger partial charge in [0.05, 0.1) is 6.42 Å². The van der Waals surface area contributed by atoms with Crippen LogP contribution >= 0.6 is 15.9 Å². The van der Waals surface area contributed by atoms with E-state index in [1.165, 1.54) is 19.1 Å². The van der Waals surface area contributed by atoms with Crippen LogP contribution in [-0.2, 0) is 16.0 Å². The molecule has 0 saturated carbocycles. The predicted octanol–water partition coefficient (Wildman–Crippen LogP) is 1.46. The number of imide groups is 1. The van der Waals surface area contributed by atoms with Gasteiger partial charge in [-0.25, -0.2) is 4.39 Å². The van der Waals surface area contributed by atoms with Gasteiger partial charge in [-0.15, -0.1) is 0 Å². The maximum atomic E-state index is 13.5. The summed E-state index contributed by atoms with van der Waals surface area (Å²) in [5, 5.41) is 0. The number of carbonyl (C=O) groups excluding carboxylic acids is 2. The second kappa shape index (κ2) is 6.61. The number of halogens is 2. The molecule has 0 heterocycles. The molecule has 4 nitrogen and oxygen atoms in total. The first kappa shape index (κ1) is 14.8. The van der Waals surface area contributed by atoms with Crippen LogP contribution in [-0.4, -0.2) is 29.8 Å². The van der Waals surface area contributed by atoms with Gasteiger partial charge in [-0.05, 0) is 23.8 Å². The Morgan fingerprint density at radius 3 is 2.67 bits per heavy atom. The maximum absolute atomic E-state index is 13.5. The van der Waals surface area contributed by atoms with Crippen molar-refractivity contribution in [1.29, 1.82) is 0 Å². The van der Waals surface area contributed by atoms with E-state index in [4.69, 9.17) is 5.73 Å². The molecule has 6 heteroatoms. The van der Waals surface area contributed by atoms with E-state index in [2.05, 4.69) is 15.9 Å². The van der Waals surface area contributed by atoms with Crippen molar-refractivity contribution in [2.75, 3.05) is 13.1 Å². The van der Waals surface area contributed by atoms with Gasteiger partial charge >= 0.3 is 0 Å². The van der Waals surface area contributed by atoms with Crippen molar-refractivity contribution < 1.29 is 14.0 Å². The molecule has 1 aromatic carbocycles. The molecule has 0 aliphatic heterocycles. The number of benzene rings is 1. The quantitative estimate of drug-likeness (QED) is 0.914. The summed E-state index contributed by atoms with van der Waals surface area (Å²) in [7, 11) is 0. The van der Waals surface area contributed by atoms with E-state index in [0.717, 1.165) is 4.90 Å². The van der Waals surface area contributed by atoms with E-state index in [-0.39, 0.29) is 31.0 Å². The van der Waals surface area contributed by atoms with Gasteiger partial charge in [-0.2, -0.15) is 0 Å². The molecule has 2 N–H and O–H groups in total. The lowest BCUT2D eigenvalue weighted by Crippen LogP contribution is -2.39. The number of rotatable bonds is 4. The Labute approximate surface area is 113 Å². The van der Waals surface area contributed by atoms with Crippen molar-refractivity contribution in [3.63, 3.8) is 0 Å². The first-order chi connectivity index (χ1) is 8.45. The van der Waals surface area contributed by atoms with Crippen molar-refractivity contribution in [1.82, 2.24) is 4.90 Å². The highest BCUT2D eigenvalue weighted by atomic mass is 79.9. The van der Waals surface area contributed by atoms with Crippen molar-refractivity contribution in [3.05, 3.63) is 34.1 Å². The van der Waals surface area contributed by atoms with Crippen molar-refractivity contribution in [2.24, 2.45) is 5.73 Å². The van der Waals surface area contributed by atoms with Crippen LogP contribution in [0.15, 0.2) is 22.7 Å². The second-order valence-corrected chi connectivity index (χ2v) is 4.68. The SMILES string of the molecule is CC(=O)N(CCN)C(=O)Cc1cc(Br)ccc1F. The van der Waals surface area contributed by atoms with Gasteiger partial charge in [0, 0.05) is 24.5 Å². The lowest BCUT2D eigenvalue weighted by atomic mass is 10.1. The third kappa shape index (κ3) is 3.89. The fourth-order valence-electron chi connectivity index (χ4n) is 1.52. The molecule has 0 saturated heterocycles. The van der Waals surface area contributed by atoms with Gasteiger partial charge in [0.1, 0.15) is 5.82 Å². The number of carbonyl (C=O) groups is 2. The molecule has 0 aromatic heterocycles. The number of hydrogen-bond acceptors (Lipinski definition) is 3. The minimum atomic E-state index is -0.470. The molecule has 2 amide bonds. The third-order valence-corrected chi connectivity index (χ3v) is 2.88. The van der Waals surface area contributed by atoms with Crippen molar-refractivity contribution in [3.8, 4) is 0 Å². The highest BCUT2D eigenvalue weighted by molar-refractivity contribution is 9.10. The van der Waals surface area contributed by atoms with Crippen LogP contribution in [0.25, 0.3) is 0 Å². The lowest BCUT2D eigenvalue weighted by molar-refractivity contribution is -0.142. The zero-order valence-electron chi connectivity index (χ0n) is 9.95. The minimum Gasteiger partial charge on any atom is -0.329 e. The van der Waals surface area contributed by atoms with E-state index in [1.807, 2.05) is 0 Å². The molecule has 0 aliphatic rings. The molecule has 1 rings (SSSR count). The van der Waals surface area contributed by atoms with E-state index in [1.54, 1.807) is 6.07 Å². The molecule has 0 spiro atoms. The Balaban J connectivity index is 2.85. The summed E-state index contributed by atoms with van der Waals surface area (Å²) < 4.78 is 14.2. The van der Waals surface area contributed by atoms with Crippen LogP contribution in [0.2, 0.25) is 0 Å². The Hall–Kier alpha value is -1.27. The molecule has 98 valence electrons. The molecular formula is C12H14BrFN2O2. The van der Waals surface area contributed by atoms with Gasteiger partial charge in [0.2, 0.25) is 11.8 Å². The van der Waals surface area contributed by atoms with E-state index < -0.39 is 11.7 Å². The Morgan fingerprint density at radius 1 is 1.44 bits per heavy atom. The van der Waals surface area contributed by atoms with Gasteiger partial charge in [0.25, 0.3) is 0 Å². The summed E-state index contributed by atoms with van der Waals surface area (Å²) >= 11 is 3.20. The summed E-state index contributed by atoms with van der Waals surface area (Å²) in [5.74, 6) is -1.31. The van der Waals surface area contributed by atoms with Gasteiger partial charge in [0.15, 0.2) is 0 Å². The summed E-state index contributed by atoms with van der Waals surface area (Å²) in [6.07, 6.45) is -0.162. The monoisotopic (exact) mass is 316 g/mol. The highest BCUT2D eigenvalue weighted by Crippen LogP contribution is 2.16. The molecule has 0 bridgehead atoms. The summed E-state index contributed by atoms with van der Waals surface area (Å²) in [6.45, 7) is 1.61. The van der Waals surface area contributed by atoms with Crippen molar-refractivity contribution >= 4 is 27.7 Å². The largest absolute Gasteiger partial charge is 0.329 e. The topological polar surface area (TPSA) is 63.4 Å². The fraction of sp³-hybridized carbons (Fsp3) is 0.333. The molecule has 0 aliphatic carbocycles. The zero-order chi connectivity index (χ0) is 13.7. The Kier molecular flexibility index (Phi) is 5.43. The smallest absolute Gasteiger partial charge is 0.233 e. The molecule has 0 fully saturated rings. The van der Waals surface area contributed by atoms with Gasteiger partial charge < -0.3 is 5.73 Å².